The molecule has 0 radical (unpaired) electrons. The second-order valence-electron chi connectivity index (χ2n) is 20.2. The molecule has 0 bridgehead atoms. The highest BCUT2D eigenvalue weighted by molar-refractivity contribution is 5.90. The monoisotopic (exact) mass is 1040 g/mol. The summed E-state index contributed by atoms with van der Waals surface area (Å²) in [6.07, 6.45) is 19.5. The lowest BCUT2D eigenvalue weighted by Gasteiger charge is -2.36. The molecule has 0 unspecified atom stereocenters. The van der Waals surface area contributed by atoms with Crippen LogP contribution in [0.25, 0.3) is 0 Å². The van der Waals surface area contributed by atoms with E-state index in [9.17, 15) is 28.8 Å². The standard InChI is InChI=1S/C65H68O12/c1-4-7-8-9-10-11-44-72-60(67)52-22-26-54(27-23-52)63(70)76-58-36-32-56(33-37-58)64(71)77-65(41-38-49-20-18-48(19-21-49)17-16-47-14-12-46(5-2)13-15-47)42-39-51(40-43-65)50-30-34-57(35-31-50)75-62(69)55-28-24-53(25-29-55)61(68)74-45-73-59(66)6-3/h2,6,12-15,18-21,30-37,51-55H,3-4,7-11,22-29,39-40,42-45H2,1H3. The summed E-state index contributed by atoms with van der Waals surface area (Å²) in [5.74, 6) is 12.6. The molecule has 12 nitrogen and oxygen atoms in total. The van der Waals surface area contributed by atoms with Crippen molar-refractivity contribution in [2.45, 2.75) is 134 Å². The molecule has 3 fully saturated rings. The number of rotatable bonds is 19. The van der Waals surface area contributed by atoms with Gasteiger partial charge in [0.25, 0.3) is 0 Å². The number of esters is 6. The first-order valence-electron chi connectivity index (χ1n) is 27.1. The van der Waals surface area contributed by atoms with E-state index in [1.54, 1.807) is 36.4 Å². The number of benzene rings is 4. The number of hydrogen-bond acceptors (Lipinski definition) is 12. The van der Waals surface area contributed by atoms with Gasteiger partial charge in [-0.05, 0) is 186 Å². The largest absolute Gasteiger partial charge is 0.465 e. The van der Waals surface area contributed by atoms with Crippen LogP contribution in [-0.2, 0) is 42.9 Å². The predicted octanol–water partition coefficient (Wildman–Crippen LogP) is 11.9. The molecule has 0 N–H and O–H groups in total. The van der Waals surface area contributed by atoms with Gasteiger partial charge in [-0.3, -0.25) is 19.2 Å². The van der Waals surface area contributed by atoms with Crippen LogP contribution in [0.2, 0.25) is 0 Å². The van der Waals surface area contributed by atoms with Crippen LogP contribution in [0.1, 0.15) is 167 Å². The third-order valence-corrected chi connectivity index (χ3v) is 14.8. The van der Waals surface area contributed by atoms with Gasteiger partial charge in [-0.25, -0.2) is 9.59 Å². The van der Waals surface area contributed by atoms with E-state index < -0.39 is 30.3 Å². The predicted molar refractivity (Wildman–Crippen MR) is 290 cm³/mol. The molecule has 0 saturated heterocycles. The summed E-state index contributed by atoms with van der Waals surface area (Å²) in [5, 5.41) is 0. The van der Waals surface area contributed by atoms with Crippen LogP contribution in [0.4, 0.5) is 0 Å². The molecule has 0 aliphatic heterocycles. The van der Waals surface area contributed by atoms with E-state index >= 15 is 0 Å². The Morgan fingerprint density at radius 1 is 0.545 bits per heavy atom. The van der Waals surface area contributed by atoms with Crippen molar-refractivity contribution < 1.29 is 57.2 Å². The molecule has 3 aliphatic rings. The second-order valence-corrected chi connectivity index (χ2v) is 20.2. The van der Waals surface area contributed by atoms with Crippen molar-refractivity contribution in [3.8, 4) is 47.5 Å². The van der Waals surface area contributed by atoms with E-state index in [0.717, 1.165) is 53.2 Å². The van der Waals surface area contributed by atoms with Crippen LogP contribution in [0.3, 0.4) is 0 Å². The number of hydrogen-bond donors (Lipinski definition) is 0. The lowest BCUT2D eigenvalue weighted by molar-refractivity contribution is -0.169. The van der Waals surface area contributed by atoms with Gasteiger partial charge in [0.2, 0.25) is 6.79 Å². The number of carbonyl (C=O) groups is 6. The smallest absolute Gasteiger partial charge is 0.339 e. The highest BCUT2D eigenvalue weighted by Gasteiger charge is 2.39. The molecule has 0 heterocycles. The van der Waals surface area contributed by atoms with E-state index in [2.05, 4.69) is 43.1 Å². The average Bonchev–Trinajstić information content (AvgIpc) is 3.46. The van der Waals surface area contributed by atoms with E-state index in [4.69, 9.17) is 34.8 Å². The van der Waals surface area contributed by atoms with Crippen molar-refractivity contribution >= 4 is 35.8 Å². The number of unbranched alkanes of at least 4 members (excludes halogenated alkanes) is 5. The molecule has 12 heteroatoms. The van der Waals surface area contributed by atoms with Gasteiger partial charge in [-0.1, -0.05) is 81.4 Å². The third-order valence-electron chi connectivity index (χ3n) is 14.8. The second kappa shape index (κ2) is 28.9. The molecule has 0 spiro atoms. The summed E-state index contributed by atoms with van der Waals surface area (Å²) < 4.78 is 33.2. The molecular formula is C65H68O12. The van der Waals surface area contributed by atoms with Crippen LogP contribution < -0.4 is 9.47 Å². The van der Waals surface area contributed by atoms with Crippen molar-refractivity contribution in [2.24, 2.45) is 23.7 Å². The molecule has 4 aromatic carbocycles. The zero-order chi connectivity index (χ0) is 54.4. The minimum atomic E-state index is -1.11. The summed E-state index contributed by atoms with van der Waals surface area (Å²) >= 11 is 0. The normalized spacial score (nSPS) is 20.6. The van der Waals surface area contributed by atoms with Crippen LogP contribution in [0.15, 0.2) is 110 Å². The summed E-state index contributed by atoms with van der Waals surface area (Å²) in [6, 6.07) is 28.9. The van der Waals surface area contributed by atoms with E-state index in [1.807, 2.05) is 60.7 Å². The van der Waals surface area contributed by atoms with Gasteiger partial charge in [0.15, 0.2) is 5.60 Å². The molecule has 0 aromatic heterocycles. The number of terminal acetylenes is 1. The lowest BCUT2D eigenvalue weighted by atomic mass is 9.76. The van der Waals surface area contributed by atoms with Crippen LogP contribution in [0, 0.1) is 59.7 Å². The van der Waals surface area contributed by atoms with Crippen LogP contribution in [0.5, 0.6) is 11.5 Å². The molecule has 77 heavy (non-hydrogen) atoms. The third kappa shape index (κ3) is 17.3. The van der Waals surface area contributed by atoms with Crippen LogP contribution in [-0.4, -0.2) is 54.8 Å². The minimum absolute atomic E-state index is 0.122. The lowest BCUT2D eigenvalue weighted by Crippen LogP contribution is -2.37. The zero-order valence-electron chi connectivity index (χ0n) is 44.0. The van der Waals surface area contributed by atoms with Gasteiger partial charge < -0.3 is 28.4 Å². The minimum Gasteiger partial charge on any atom is -0.465 e. The highest BCUT2D eigenvalue weighted by Crippen LogP contribution is 2.41. The Balaban J connectivity index is 0.939. The van der Waals surface area contributed by atoms with Gasteiger partial charge in [0.1, 0.15) is 11.5 Å². The first kappa shape index (κ1) is 56.8. The summed E-state index contributed by atoms with van der Waals surface area (Å²) in [4.78, 5) is 76.7. The Kier molecular flexibility index (Phi) is 21.3. The molecule has 0 atom stereocenters. The topological polar surface area (TPSA) is 158 Å². The Labute approximate surface area is 453 Å². The van der Waals surface area contributed by atoms with Crippen molar-refractivity contribution in [3.05, 3.63) is 143 Å². The van der Waals surface area contributed by atoms with Gasteiger partial charge in [-0.2, -0.15) is 0 Å². The summed E-state index contributed by atoms with van der Waals surface area (Å²) in [7, 11) is 0. The fraction of sp³-hybridized carbons (Fsp3) is 0.415. The van der Waals surface area contributed by atoms with E-state index in [0.29, 0.717) is 95.2 Å². The average molecular weight is 1040 g/mol. The fourth-order valence-corrected chi connectivity index (χ4v) is 10.0. The highest BCUT2D eigenvalue weighted by atomic mass is 16.7. The molecule has 3 aliphatic carbocycles. The van der Waals surface area contributed by atoms with Crippen molar-refractivity contribution in [3.63, 3.8) is 0 Å². The maximum absolute atomic E-state index is 14.0. The maximum Gasteiger partial charge on any atom is 0.339 e. The van der Waals surface area contributed by atoms with Crippen molar-refractivity contribution in [1.29, 1.82) is 0 Å². The van der Waals surface area contributed by atoms with E-state index in [-0.39, 0.29) is 53.1 Å². The molecule has 7 rings (SSSR count). The molecule has 3 saturated carbocycles. The van der Waals surface area contributed by atoms with Gasteiger partial charge >= 0.3 is 35.8 Å². The number of carbonyl (C=O) groups excluding carboxylic acids is 6. The molecule has 0 amide bonds. The maximum atomic E-state index is 14.0. The summed E-state index contributed by atoms with van der Waals surface area (Å²) in [6.45, 7) is 5.46. The van der Waals surface area contributed by atoms with E-state index in [1.165, 1.54) is 19.3 Å². The fourth-order valence-electron chi connectivity index (χ4n) is 10.0. The number of ether oxygens (including phenoxy) is 6. The first-order chi connectivity index (χ1) is 37.4. The quantitative estimate of drug-likeness (QED) is 0.0167. The van der Waals surface area contributed by atoms with Gasteiger partial charge in [0.05, 0.1) is 35.8 Å². The molecule has 4 aromatic rings. The Morgan fingerprint density at radius 3 is 1.51 bits per heavy atom. The van der Waals surface area contributed by atoms with Crippen LogP contribution >= 0.6 is 0 Å². The van der Waals surface area contributed by atoms with Crippen molar-refractivity contribution in [2.75, 3.05) is 13.4 Å². The molecular weight excluding hydrogens is 973 g/mol. The van der Waals surface area contributed by atoms with Gasteiger partial charge in [-0.15, -0.1) is 6.42 Å². The van der Waals surface area contributed by atoms with Gasteiger partial charge in [0, 0.05) is 28.3 Å². The molecule has 400 valence electrons. The Bertz CT molecular complexity index is 2830. The van der Waals surface area contributed by atoms with Crippen molar-refractivity contribution in [1.82, 2.24) is 0 Å². The first-order valence-corrected chi connectivity index (χ1v) is 27.1. The summed E-state index contributed by atoms with van der Waals surface area (Å²) in [5.41, 5.74) is 3.41. The Morgan fingerprint density at radius 2 is 1.00 bits per heavy atom. The Hall–Kier alpha value is -7.88. The SMILES string of the molecule is C#Cc1ccc(C#Cc2ccc(C#CC3(OC(=O)c4ccc(OC(=O)C5CCC(C(=O)OCCCCCCCC)CC5)cc4)CCC(c4ccc(OC(=O)C5CCC(C(=O)OCOC(=O)C=C)CC5)cc4)CC3)cc2)cc1. The zero-order valence-corrected chi connectivity index (χ0v) is 44.0.